The molecule has 0 radical (unpaired) electrons. The second-order valence-corrected chi connectivity index (χ2v) is 6.82. The standard InChI is InChI=1S/C14H26INO/c1-5-7-12(10(3)6-2)14(17)16-11(4)8-9-13(16)15/h10-13H,5-9H2,1-4H3/t10?,11?,12?,13-/m0/s1. The average molecular weight is 351 g/mol. The van der Waals surface area contributed by atoms with E-state index in [9.17, 15) is 4.79 Å². The Morgan fingerprint density at radius 2 is 2.06 bits per heavy atom. The van der Waals surface area contributed by atoms with E-state index < -0.39 is 0 Å². The van der Waals surface area contributed by atoms with Gasteiger partial charge in [-0.2, -0.15) is 0 Å². The number of alkyl halides is 1. The molecule has 0 aromatic carbocycles. The summed E-state index contributed by atoms with van der Waals surface area (Å²) >= 11 is 2.43. The van der Waals surface area contributed by atoms with Crippen LogP contribution < -0.4 is 0 Å². The number of hydrogen-bond donors (Lipinski definition) is 0. The van der Waals surface area contributed by atoms with Crippen molar-refractivity contribution in [3.63, 3.8) is 0 Å². The van der Waals surface area contributed by atoms with E-state index in [1.807, 2.05) is 0 Å². The van der Waals surface area contributed by atoms with Gasteiger partial charge in [0.25, 0.3) is 0 Å². The molecular formula is C14H26INO. The monoisotopic (exact) mass is 351 g/mol. The Morgan fingerprint density at radius 1 is 1.41 bits per heavy atom. The van der Waals surface area contributed by atoms with Crippen molar-refractivity contribution in [1.82, 2.24) is 4.90 Å². The first-order valence-corrected chi connectivity index (χ1v) is 8.23. The third-order valence-electron chi connectivity index (χ3n) is 4.10. The third kappa shape index (κ3) is 3.58. The summed E-state index contributed by atoms with van der Waals surface area (Å²) in [4.78, 5) is 14.8. The molecule has 0 saturated carbocycles. The Labute approximate surface area is 120 Å². The topological polar surface area (TPSA) is 20.3 Å². The first kappa shape index (κ1) is 15.3. The molecule has 1 rings (SSSR count). The zero-order chi connectivity index (χ0) is 13.0. The Kier molecular flexibility index (Phi) is 6.24. The van der Waals surface area contributed by atoms with E-state index >= 15 is 0 Å². The molecule has 1 amide bonds. The van der Waals surface area contributed by atoms with E-state index in [0.29, 0.717) is 21.9 Å². The number of hydrogen-bond acceptors (Lipinski definition) is 1. The van der Waals surface area contributed by atoms with Gasteiger partial charge >= 0.3 is 0 Å². The SMILES string of the molecule is CCCC(C(=O)N1C(C)CC[C@H]1I)C(C)CC. The third-order valence-corrected chi connectivity index (χ3v) is 5.32. The maximum Gasteiger partial charge on any atom is 0.227 e. The van der Waals surface area contributed by atoms with Crippen LogP contribution in [0.4, 0.5) is 0 Å². The van der Waals surface area contributed by atoms with Crippen LogP contribution in [-0.4, -0.2) is 20.9 Å². The predicted molar refractivity (Wildman–Crippen MR) is 81.2 cm³/mol. The van der Waals surface area contributed by atoms with Gasteiger partial charge in [-0.05, 0) is 32.1 Å². The maximum absolute atomic E-state index is 12.7. The quantitative estimate of drug-likeness (QED) is 0.413. The summed E-state index contributed by atoms with van der Waals surface area (Å²) in [5, 5.41) is 0. The first-order chi connectivity index (χ1) is 8.02. The van der Waals surface area contributed by atoms with Crippen molar-refractivity contribution in [2.45, 2.75) is 69.9 Å². The summed E-state index contributed by atoms with van der Waals surface area (Å²) in [6.07, 6.45) is 5.57. The van der Waals surface area contributed by atoms with Gasteiger partial charge in [-0.3, -0.25) is 4.79 Å². The molecule has 17 heavy (non-hydrogen) atoms. The van der Waals surface area contributed by atoms with E-state index in [1.165, 1.54) is 6.42 Å². The van der Waals surface area contributed by atoms with Gasteiger partial charge in [0.15, 0.2) is 0 Å². The van der Waals surface area contributed by atoms with Crippen LogP contribution in [0.25, 0.3) is 0 Å². The maximum atomic E-state index is 12.7. The van der Waals surface area contributed by atoms with Gasteiger partial charge in [-0.15, -0.1) is 0 Å². The van der Waals surface area contributed by atoms with Crippen molar-refractivity contribution in [3.8, 4) is 0 Å². The van der Waals surface area contributed by atoms with Crippen molar-refractivity contribution in [1.29, 1.82) is 0 Å². The van der Waals surface area contributed by atoms with Gasteiger partial charge in [0.05, 0.1) is 4.05 Å². The van der Waals surface area contributed by atoms with Crippen LogP contribution in [0.15, 0.2) is 0 Å². The van der Waals surface area contributed by atoms with Gasteiger partial charge in [0.1, 0.15) is 0 Å². The lowest BCUT2D eigenvalue weighted by Gasteiger charge is -2.32. The molecule has 4 atom stereocenters. The minimum absolute atomic E-state index is 0.239. The number of likely N-dealkylation sites (tertiary alicyclic amines) is 1. The molecule has 1 fully saturated rings. The molecule has 0 aliphatic carbocycles. The second kappa shape index (κ2) is 6.95. The van der Waals surface area contributed by atoms with Crippen molar-refractivity contribution >= 4 is 28.5 Å². The molecule has 0 spiro atoms. The van der Waals surface area contributed by atoms with Gasteiger partial charge in [0.2, 0.25) is 5.91 Å². The van der Waals surface area contributed by atoms with Gasteiger partial charge in [0, 0.05) is 12.0 Å². The Morgan fingerprint density at radius 3 is 2.47 bits per heavy atom. The normalized spacial score (nSPS) is 28.2. The van der Waals surface area contributed by atoms with Gasteiger partial charge in [-0.1, -0.05) is 56.2 Å². The van der Waals surface area contributed by atoms with E-state index in [4.69, 9.17) is 0 Å². The fourth-order valence-corrected chi connectivity index (χ4v) is 3.91. The van der Waals surface area contributed by atoms with E-state index in [1.54, 1.807) is 0 Å². The highest BCUT2D eigenvalue weighted by Gasteiger charge is 2.37. The molecule has 3 unspecified atom stereocenters. The van der Waals surface area contributed by atoms with E-state index in [0.717, 1.165) is 25.7 Å². The van der Waals surface area contributed by atoms with Gasteiger partial charge in [-0.25, -0.2) is 0 Å². The number of amides is 1. The molecule has 0 N–H and O–H groups in total. The van der Waals surface area contributed by atoms with E-state index in [2.05, 4.69) is 55.2 Å². The van der Waals surface area contributed by atoms with Crippen molar-refractivity contribution in [3.05, 3.63) is 0 Å². The Hall–Kier alpha value is 0.200. The van der Waals surface area contributed by atoms with Crippen LogP contribution >= 0.6 is 22.6 Å². The summed E-state index contributed by atoms with van der Waals surface area (Å²) < 4.78 is 0.415. The summed E-state index contributed by atoms with van der Waals surface area (Å²) in [5.41, 5.74) is 0. The molecular weight excluding hydrogens is 325 g/mol. The molecule has 1 aliphatic heterocycles. The van der Waals surface area contributed by atoms with Crippen LogP contribution in [0.1, 0.15) is 59.8 Å². The Balaban J connectivity index is 2.76. The van der Waals surface area contributed by atoms with Crippen LogP contribution in [0, 0.1) is 11.8 Å². The van der Waals surface area contributed by atoms with Crippen LogP contribution in [0.2, 0.25) is 0 Å². The second-order valence-electron chi connectivity index (χ2n) is 5.39. The number of carbonyl (C=O) groups excluding carboxylic acids is 1. The highest BCUT2D eigenvalue weighted by molar-refractivity contribution is 14.1. The van der Waals surface area contributed by atoms with Crippen molar-refractivity contribution < 1.29 is 4.79 Å². The minimum Gasteiger partial charge on any atom is -0.328 e. The molecule has 0 bridgehead atoms. The number of carbonyl (C=O) groups is 1. The fourth-order valence-electron chi connectivity index (χ4n) is 2.73. The lowest BCUT2D eigenvalue weighted by Crippen LogP contribution is -2.43. The fraction of sp³-hybridized carbons (Fsp3) is 0.929. The first-order valence-electron chi connectivity index (χ1n) is 6.99. The van der Waals surface area contributed by atoms with E-state index in [-0.39, 0.29) is 5.92 Å². The predicted octanol–water partition coefficient (Wildman–Crippen LogP) is 4.22. The summed E-state index contributed by atoms with van der Waals surface area (Å²) in [6.45, 7) is 8.78. The number of halogens is 1. The van der Waals surface area contributed by atoms with Crippen molar-refractivity contribution in [2.24, 2.45) is 11.8 Å². The molecule has 2 nitrogen and oxygen atoms in total. The van der Waals surface area contributed by atoms with Crippen LogP contribution in [0.3, 0.4) is 0 Å². The summed E-state index contributed by atoms with van der Waals surface area (Å²) in [7, 11) is 0. The highest BCUT2D eigenvalue weighted by atomic mass is 127. The lowest BCUT2D eigenvalue weighted by atomic mass is 9.86. The molecule has 1 heterocycles. The van der Waals surface area contributed by atoms with Crippen LogP contribution in [0.5, 0.6) is 0 Å². The zero-order valence-corrected chi connectivity index (χ0v) is 13.7. The van der Waals surface area contributed by atoms with Crippen LogP contribution in [-0.2, 0) is 4.79 Å². The number of rotatable bonds is 5. The number of nitrogens with zero attached hydrogens (tertiary/aromatic N) is 1. The smallest absolute Gasteiger partial charge is 0.227 e. The zero-order valence-electron chi connectivity index (χ0n) is 11.6. The average Bonchev–Trinajstić information content (AvgIpc) is 2.64. The minimum atomic E-state index is 0.239. The lowest BCUT2D eigenvalue weighted by molar-refractivity contribution is -0.138. The largest absolute Gasteiger partial charge is 0.328 e. The molecule has 0 aromatic heterocycles. The highest BCUT2D eigenvalue weighted by Crippen LogP contribution is 2.33. The van der Waals surface area contributed by atoms with Crippen molar-refractivity contribution in [2.75, 3.05) is 0 Å². The molecule has 1 aliphatic rings. The summed E-state index contributed by atoms with van der Waals surface area (Å²) in [6, 6.07) is 0.438. The molecule has 100 valence electrons. The Bertz CT molecular complexity index is 247. The van der Waals surface area contributed by atoms with Gasteiger partial charge < -0.3 is 4.90 Å². The summed E-state index contributed by atoms with van der Waals surface area (Å²) in [5.74, 6) is 1.16. The molecule has 3 heteroatoms. The molecule has 0 aromatic rings. The molecule has 1 saturated heterocycles.